The van der Waals surface area contributed by atoms with Crippen LogP contribution >= 0.6 is 0 Å². The first-order valence-corrected chi connectivity index (χ1v) is 10.3. The maximum absolute atomic E-state index is 5.93. The monoisotopic (exact) mass is 379 g/mol. The van der Waals surface area contributed by atoms with Crippen LogP contribution in [0.4, 0.5) is 17.1 Å². The van der Waals surface area contributed by atoms with Gasteiger partial charge in [0.25, 0.3) is 0 Å². The largest absolute Gasteiger partial charge is 0.496 e. The molecule has 2 unspecified atom stereocenters. The highest BCUT2D eigenvalue weighted by atomic mass is 16.5. The second kappa shape index (κ2) is 6.98. The Labute approximate surface area is 167 Å². The van der Waals surface area contributed by atoms with Crippen LogP contribution in [0, 0.1) is 13.8 Å². The minimum absolute atomic E-state index is 0.571. The summed E-state index contributed by atoms with van der Waals surface area (Å²) in [6.07, 6.45) is 1.21. The maximum Gasteiger partial charge on any atom is 0.124 e. The van der Waals surface area contributed by atoms with Gasteiger partial charge in [-0.1, -0.05) is 0 Å². The van der Waals surface area contributed by atoms with E-state index < -0.39 is 0 Å². The van der Waals surface area contributed by atoms with Gasteiger partial charge in [0.1, 0.15) is 5.75 Å². The number of hydrogen-bond donors (Lipinski definition) is 2. The number of rotatable bonds is 3. The fourth-order valence-corrected chi connectivity index (χ4v) is 5.37. The van der Waals surface area contributed by atoms with Crippen molar-refractivity contribution in [2.24, 2.45) is 0 Å². The molecule has 3 aliphatic heterocycles. The molecule has 2 aromatic carbocycles. The van der Waals surface area contributed by atoms with Crippen molar-refractivity contribution >= 4 is 17.1 Å². The summed E-state index contributed by atoms with van der Waals surface area (Å²) < 4.78 is 11.4. The van der Waals surface area contributed by atoms with Crippen molar-refractivity contribution in [1.82, 2.24) is 5.32 Å². The maximum atomic E-state index is 5.93. The van der Waals surface area contributed by atoms with Crippen molar-refractivity contribution < 1.29 is 9.47 Å². The Kier molecular flexibility index (Phi) is 4.44. The molecule has 1 saturated heterocycles. The highest BCUT2D eigenvalue weighted by molar-refractivity contribution is 5.75. The normalized spacial score (nSPS) is 23.0. The molecule has 5 nitrogen and oxygen atoms in total. The number of aryl methyl sites for hydroxylation is 2. The summed E-state index contributed by atoms with van der Waals surface area (Å²) >= 11 is 0. The molecule has 2 N–H and O–H groups in total. The molecular formula is C23H29N3O2. The van der Waals surface area contributed by atoms with Crippen LogP contribution < -0.4 is 20.3 Å². The second-order valence-electron chi connectivity index (χ2n) is 8.25. The van der Waals surface area contributed by atoms with Crippen LogP contribution in [0.25, 0.3) is 0 Å². The Hall–Kier alpha value is -2.24. The fourth-order valence-electron chi connectivity index (χ4n) is 5.37. The number of methoxy groups -OCH3 is 1. The average molecular weight is 380 g/mol. The molecule has 28 heavy (non-hydrogen) atoms. The molecular weight excluding hydrogens is 350 g/mol. The lowest BCUT2D eigenvalue weighted by Gasteiger charge is -2.33. The predicted octanol–water partition coefficient (Wildman–Crippen LogP) is 3.85. The van der Waals surface area contributed by atoms with Crippen molar-refractivity contribution in [2.45, 2.75) is 38.8 Å². The summed E-state index contributed by atoms with van der Waals surface area (Å²) in [6.45, 7) is 8.88. The Morgan fingerprint density at radius 3 is 2.71 bits per heavy atom. The molecule has 0 bridgehead atoms. The summed E-state index contributed by atoms with van der Waals surface area (Å²) in [5.41, 5.74) is 8.77. The van der Waals surface area contributed by atoms with E-state index in [0.29, 0.717) is 18.6 Å². The van der Waals surface area contributed by atoms with E-state index in [1.54, 1.807) is 7.11 Å². The molecule has 0 amide bonds. The fraction of sp³-hybridized carbons (Fsp3) is 0.478. The van der Waals surface area contributed by atoms with Crippen molar-refractivity contribution in [3.05, 3.63) is 46.5 Å². The molecule has 3 heterocycles. The SMILES string of the molecule is COc1c(C)cc(Nc2cc3c4c(c2)C2CNCCC2N4CCOC3)cc1C. The van der Waals surface area contributed by atoms with E-state index in [1.807, 2.05) is 0 Å². The lowest BCUT2D eigenvalue weighted by molar-refractivity contribution is 0.130. The van der Waals surface area contributed by atoms with Crippen LogP contribution in [-0.2, 0) is 11.3 Å². The smallest absolute Gasteiger partial charge is 0.124 e. The zero-order valence-corrected chi connectivity index (χ0v) is 17.0. The molecule has 1 fully saturated rings. The molecule has 5 rings (SSSR count). The van der Waals surface area contributed by atoms with Crippen molar-refractivity contribution in [2.75, 3.05) is 43.6 Å². The van der Waals surface area contributed by atoms with Crippen LogP contribution in [0.1, 0.15) is 34.6 Å². The summed E-state index contributed by atoms with van der Waals surface area (Å²) in [6, 6.07) is 9.56. The first-order valence-electron chi connectivity index (χ1n) is 10.3. The van der Waals surface area contributed by atoms with Gasteiger partial charge in [-0.3, -0.25) is 0 Å². The Morgan fingerprint density at radius 1 is 1.14 bits per heavy atom. The molecule has 0 radical (unpaired) electrons. The summed E-state index contributed by atoms with van der Waals surface area (Å²) in [4.78, 5) is 2.62. The summed E-state index contributed by atoms with van der Waals surface area (Å²) in [5, 5.41) is 7.25. The Balaban J connectivity index is 1.54. The molecule has 0 spiro atoms. The lowest BCUT2D eigenvalue weighted by atomic mass is 9.89. The van der Waals surface area contributed by atoms with Crippen LogP contribution in [0.5, 0.6) is 5.75 Å². The minimum atomic E-state index is 0.571. The third kappa shape index (κ3) is 2.85. The van der Waals surface area contributed by atoms with E-state index >= 15 is 0 Å². The zero-order chi connectivity index (χ0) is 19.3. The third-order valence-corrected chi connectivity index (χ3v) is 6.44. The van der Waals surface area contributed by atoms with Crippen LogP contribution in [0.2, 0.25) is 0 Å². The predicted molar refractivity (Wildman–Crippen MR) is 113 cm³/mol. The number of hydrogen-bond acceptors (Lipinski definition) is 5. The van der Waals surface area contributed by atoms with Crippen molar-refractivity contribution in [3.63, 3.8) is 0 Å². The standard InChI is InChI=1S/C23H29N3O2/c1-14-8-17(9-15(2)23(14)27-3)25-18-10-16-13-28-7-6-26-21-4-5-24-12-20(21)19(11-18)22(16)26/h8-11,20-21,24-25H,4-7,12-13H2,1-3H3. The first kappa shape index (κ1) is 17.8. The topological polar surface area (TPSA) is 45.8 Å². The van der Waals surface area contributed by atoms with Gasteiger partial charge >= 0.3 is 0 Å². The number of piperidine rings is 1. The van der Waals surface area contributed by atoms with Crippen LogP contribution in [0.15, 0.2) is 24.3 Å². The van der Waals surface area contributed by atoms with Gasteiger partial charge in [-0.25, -0.2) is 0 Å². The van der Waals surface area contributed by atoms with Crippen LogP contribution in [0.3, 0.4) is 0 Å². The van der Waals surface area contributed by atoms with Gasteiger partial charge in [-0.15, -0.1) is 0 Å². The number of ether oxygens (including phenoxy) is 2. The first-order chi connectivity index (χ1) is 13.7. The van der Waals surface area contributed by atoms with Gasteiger partial charge in [0.2, 0.25) is 0 Å². The Morgan fingerprint density at radius 2 is 1.93 bits per heavy atom. The van der Waals surface area contributed by atoms with Gasteiger partial charge in [0.15, 0.2) is 0 Å². The Bertz CT molecular complexity index is 888. The second-order valence-corrected chi connectivity index (χ2v) is 8.25. The molecule has 0 saturated carbocycles. The van der Waals surface area contributed by atoms with Crippen molar-refractivity contribution in [1.29, 1.82) is 0 Å². The van der Waals surface area contributed by atoms with E-state index in [4.69, 9.17) is 9.47 Å². The molecule has 2 aromatic rings. The quantitative estimate of drug-likeness (QED) is 0.848. The zero-order valence-electron chi connectivity index (χ0n) is 17.0. The minimum Gasteiger partial charge on any atom is -0.496 e. The number of nitrogens with one attached hydrogen (secondary N) is 2. The van der Waals surface area contributed by atoms with Gasteiger partial charge in [-0.2, -0.15) is 0 Å². The summed E-state index contributed by atoms with van der Waals surface area (Å²) in [5.74, 6) is 1.54. The van der Waals surface area contributed by atoms with E-state index in [9.17, 15) is 0 Å². The van der Waals surface area contributed by atoms with Gasteiger partial charge in [-0.05, 0) is 67.8 Å². The highest BCUT2D eigenvalue weighted by Crippen LogP contribution is 2.47. The molecule has 0 aliphatic carbocycles. The number of fused-ring (bicyclic) bond motifs is 3. The summed E-state index contributed by atoms with van der Waals surface area (Å²) in [7, 11) is 1.73. The van der Waals surface area contributed by atoms with E-state index in [1.165, 1.54) is 23.2 Å². The molecule has 2 atom stereocenters. The van der Waals surface area contributed by atoms with E-state index in [2.05, 4.69) is 53.6 Å². The van der Waals surface area contributed by atoms with Crippen LogP contribution in [-0.4, -0.2) is 39.4 Å². The van der Waals surface area contributed by atoms with Gasteiger partial charge in [0, 0.05) is 47.7 Å². The van der Waals surface area contributed by atoms with Gasteiger partial charge < -0.3 is 25.0 Å². The third-order valence-electron chi connectivity index (χ3n) is 6.44. The highest BCUT2D eigenvalue weighted by Gasteiger charge is 2.41. The number of nitrogens with zero attached hydrogens (tertiary/aromatic N) is 1. The van der Waals surface area contributed by atoms with Crippen molar-refractivity contribution in [3.8, 4) is 5.75 Å². The molecule has 5 heteroatoms. The van der Waals surface area contributed by atoms with E-state index in [-0.39, 0.29) is 0 Å². The molecule has 0 aromatic heterocycles. The average Bonchev–Trinajstić information content (AvgIpc) is 2.83. The number of benzene rings is 2. The van der Waals surface area contributed by atoms with Gasteiger partial charge in [0.05, 0.1) is 20.3 Å². The molecule has 3 aliphatic rings. The number of anilines is 3. The van der Waals surface area contributed by atoms with E-state index in [0.717, 1.165) is 54.5 Å². The molecule has 148 valence electrons. The lowest BCUT2D eigenvalue weighted by Crippen LogP contribution is -2.44.